The molecule has 5 N–H and O–H groups in total. The predicted octanol–water partition coefficient (Wildman–Crippen LogP) is 2.88. The Kier molecular flexibility index (Phi) is 5.56. The predicted molar refractivity (Wildman–Crippen MR) is 110 cm³/mol. The van der Waals surface area contributed by atoms with Crippen molar-refractivity contribution in [3.8, 4) is 11.5 Å². The fourth-order valence-electron chi connectivity index (χ4n) is 2.61. The molecule has 29 heavy (non-hydrogen) atoms. The van der Waals surface area contributed by atoms with Crippen LogP contribution >= 0.6 is 0 Å². The number of phenols is 2. The summed E-state index contributed by atoms with van der Waals surface area (Å²) in [5.74, 6) is -1.31. The van der Waals surface area contributed by atoms with Gasteiger partial charge in [-0.15, -0.1) is 0 Å². The molecule has 0 aliphatic carbocycles. The first-order chi connectivity index (χ1) is 13.8. The summed E-state index contributed by atoms with van der Waals surface area (Å²) in [7, 11) is -4.16. The van der Waals surface area contributed by atoms with E-state index in [0.29, 0.717) is 5.56 Å². The maximum Gasteiger partial charge on any atom is 0.264 e. The van der Waals surface area contributed by atoms with Crippen molar-refractivity contribution in [1.29, 1.82) is 0 Å². The molecule has 148 valence electrons. The minimum atomic E-state index is -4.16. The van der Waals surface area contributed by atoms with Crippen molar-refractivity contribution < 1.29 is 23.4 Å². The number of benzene rings is 3. The summed E-state index contributed by atoms with van der Waals surface area (Å²) in [6.07, 6.45) is 1.27. The van der Waals surface area contributed by atoms with Crippen molar-refractivity contribution >= 4 is 27.6 Å². The van der Waals surface area contributed by atoms with Gasteiger partial charge in [-0.3, -0.25) is 9.52 Å². The van der Waals surface area contributed by atoms with Gasteiger partial charge in [0.25, 0.3) is 10.0 Å². The standard InChI is InChI=1S/C21H18N2O5S/c22-16-8-4-5-9-20(16)29(27,28)23-17(21(26)15-6-2-1-3-7-15)12-14-10-11-18(24)19(25)13-14/h1-13,23-25H,22H2. The molecule has 0 aromatic heterocycles. The van der Waals surface area contributed by atoms with Gasteiger partial charge in [0, 0.05) is 5.56 Å². The number of ketones is 1. The van der Waals surface area contributed by atoms with Gasteiger partial charge in [-0.05, 0) is 35.9 Å². The Morgan fingerprint density at radius 1 is 0.897 bits per heavy atom. The van der Waals surface area contributed by atoms with Crippen LogP contribution in [0.4, 0.5) is 5.69 Å². The molecule has 0 saturated carbocycles. The Labute approximate surface area is 167 Å². The van der Waals surface area contributed by atoms with Crippen LogP contribution in [0.25, 0.3) is 6.08 Å². The smallest absolute Gasteiger partial charge is 0.264 e. The minimum Gasteiger partial charge on any atom is -0.504 e. The second kappa shape index (κ2) is 8.07. The Morgan fingerprint density at radius 2 is 1.55 bits per heavy atom. The molecule has 0 atom stereocenters. The summed E-state index contributed by atoms with van der Waals surface area (Å²) in [4.78, 5) is 12.8. The number of hydrogen-bond donors (Lipinski definition) is 4. The number of carbonyl (C=O) groups is 1. The van der Waals surface area contributed by atoms with Gasteiger partial charge < -0.3 is 15.9 Å². The third kappa shape index (κ3) is 4.56. The molecule has 0 aliphatic heterocycles. The van der Waals surface area contributed by atoms with E-state index in [-0.39, 0.29) is 27.6 Å². The number of carbonyl (C=O) groups excluding carboxylic acids is 1. The molecule has 0 saturated heterocycles. The highest BCUT2D eigenvalue weighted by Crippen LogP contribution is 2.26. The van der Waals surface area contributed by atoms with Crippen molar-refractivity contribution in [1.82, 2.24) is 4.72 Å². The maximum atomic E-state index is 13.0. The number of allylic oxidation sites excluding steroid dienone is 1. The highest BCUT2D eigenvalue weighted by atomic mass is 32.2. The number of aromatic hydroxyl groups is 2. The zero-order chi connectivity index (χ0) is 21.0. The maximum absolute atomic E-state index is 13.0. The monoisotopic (exact) mass is 410 g/mol. The number of nitrogens with one attached hydrogen (secondary N) is 1. The fourth-order valence-corrected chi connectivity index (χ4v) is 3.80. The van der Waals surface area contributed by atoms with Gasteiger partial charge in [0.15, 0.2) is 11.5 Å². The van der Waals surface area contributed by atoms with E-state index >= 15 is 0 Å². The minimum absolute atomic E-state index is 0.0359. The average molecular weight is 410 g/mol. The van der Waals surface area contributed by atoms with Crippen LogP contribution in [0.5, 0.6) is 11.5 Å². The van der Waals surface area contributed by atoms with Crippen LogP contribution in [0.1, 0.15) is 15.9 Å². The molecule has 0 radical (unpaired) electrons. The third-order valence-electron chi connectivity index (χ3n) is 4.04. The van der Waals surface area contributed by atoms with Crippen molar-refractivity contribution in [2.75, 3.05) is 5.73 Å². The van der Waals surface area contributed by atoms with Crippen molar-refractivity contribution in [2.45, 2.75) is 4.90 Å². The van der Waals surface area contributed by atoms with Gasteiger partial charge in [0.1, 0.15) is 4.90 Å². The second-order valence-corrected chi connectivity index (χ2v) is 7.80. The second-order valence-electron chi connectivity index (χ2n) is 6.14. The SMILES string of the molecule is Nc1ccccc1S(=O)(=O)NC(=Cc1ccc(O)c(O)c1)C(=O)c1ccccc1. The molecule has 8 heteroatoms. The van der Waals surface area contributed by atoms with Crippen LogP contribution < -0.4 is 10.5 Å². The number of para-hydroxylation sites is 1. The first-order valence-electron chi connectivity index (χ1n) is 8.49. The third-order valence-corrected chi connectivity index (χ3v) is 5.48. The quantitative estimate of drug-likeness (QED) is 0.214. The van der Waals surface area contributed by atoms with Crippen molar-refractivity contribution in [3.63, 3.8) is 0 Å². The molecule has 0 amide bonds. The lowest BCUT2D eigenvalue weighted by molar-refractivity contribution is 0.103. The topological polar surface area (TPSA) is 130 Å². The highest BCUT2D eigenvalue weighted by molar-refractivity contribution is 7.89. The van der Waals surface area contributed by atoms with Crippen LogP contribution in [0, 0.1) is 0 Å². The first-order valence-corrected chi connectivity index (χ1v) is 9.97. The molecule has 0 fully saturated rings. The largest absolute Gasteiger partial charge is 0.504 e. The summed E-state index contributed by atoms with van der Waals surface area (Å²) in [5, 5.41) is 19.2. The lowest BCUT2D eigenvalue weighted by atomic mass is 10.1. The van der Waals surface area contributed by atoms with E-state index in [0.717, 1.165) is 0 Å². The number of nitrogens with two attached hydrogens (primary N) is 1. The molecule has 7 nitrogen and oxygen atoms in total. The molecule has 0 heterocycles. The molecule has 3 aromatic carbocycles. The van der Waals surface area contributed by atoms with E-state index in [1.54, 1.807) is 36.4 Å². The van der Waals surface area contributed by atoms with E-state index in [2.05, 4.69) is 4.72 Å². The number of rotatable bonds is 6. The fraction of sp³-hybridized carbons (Fsp3) is 0. The summed E-state index contributed by atoms with van der Waals surface area (Å²) in [6, 6.07) is 17.9. The number of Topliss-reactive ketones (excluding diaryl/α,β-unsaturated/α-hetero) is 1. The Bertz CT molecular complexity index is 1190. The van der Waals surface area contributed by atoms with Gasteiger partial charge in [-0.25, -0.2) is 8.42 Å². The van der Waals surface area contributed by atoms with E-state index in [9.17, 15) is 23.4 Å². The van der Waals surface area contributed by atoms with Crippen LogP contribution in [0.15, 0.2) is 83.4 Å². The molecule has 3 rings (SSSR count). The van der Waals surface area contributed by atoms with Crippen LogP contribution in [0.3, 0.4) is 0 Å². The Balaban J connectivity index is 2.08. The number of anilines is 1. The molecule has 0 spiro atoms. The lowest BCUT2D eigenvalue weighted by Gasteiger charge is -2.13. The molecule has 3 aromatic rings. The molecular weight excluding hydrogens is 392 g/mol. The summed E-state index contributed by atoms with van der Waals surface area (Å²) >= 11 is 0. The summed E-state index contributed by atoms with van der Waals surface area (Å²) in [5.41, 5.74) is 6.14. The Morgan fingerprint density at radius 3 is 2.21 bits per heavy atom. The highest BCUT2D eigenvalue weighted by Gasteiger charge is 2.22. The molecule has 0 unspecified atom stereocenters. The summed E-state index contributed by atoms with van der Waals surface area (Å²) < 4.78 is 28.0. The normalized spacial score (nSPS) is 11.8. The lowest BCUT2D eigenvalue weighted by Crippen LogP contribution is -2.28. The van der Waals surface area contributed by atoms with Gasteiger partial charge in [-0.1, -0.05) is 48.5 Å². The number of sulfonamides is 1. The van der Waals surface area contributed by atoms with Crippen molar-refractivity contribution in [3.05, 3.63) is 89.6 Å². The first kappa shape index (κ1) is 20.0. The van der Waals surface area contributed by atoms with Crippen molar-refractivity contribution in [2.24, 2.45) is 0 Å². The molecular formula is C21H18N2O5S. The van der Waals surface area contributed by atoms with Gasteiger partial charge in [-0.2, -0.15) is 0 Å². The van der Waals surface area contributed by atoms with E-state index in [1.165, 1.54) is 42.5 Å². The number of phenolic OH excluding ortho intramolecular Hbond substituents is 2. The van der Waals surface area contributed by atoms with E-state index < -0.39 is 21.6 Å². The van der Waals surface area contributed by atoms with Gasteiger partial charge in [0.2, 0.25) is 5.78 Å². The van der Waals surface area contributed by atoms with Crippen LogP contribution in [-0.2, 0) is 10.0 Å². The zero-order valence-corrected chi connectivity index (χ0v) is 15.9. The van der Waals surface area contributed by atoms with Crippen LogP contribution in [-0.4, -0.2) is 24.4 Å². The number of hydrogen-bond acceptors (Lipinski definition) is 6. The van der Waals surface area contributed by atoms with E-state index in [1.807, 2.05) is 0 Å². The molecule has 0 aliphatic rings. The van der Waals surface area contributed by atoms with Gasteiger partial charge in [0.05, 0.1) is 11.4 Å². The average Bonchev–Trinajstić information content (AvgIpc) is 2.70. The molecule has 0 bridgehead atoms. The van der Waals surface area contributed by atoms with E-state index in [4.69, 9.17) is 5.73 Å². The zero-order valence-electron chi connectivity index (χ0n) is 15.1. The van der Waals surface area contributed by atoms with Gasteiger partial charge >= 0.3 is 0 Å². The number of nitrogen functional groups attached to an aromatic ring is 1. The Hall–Kier alpha value is -3.78. The van der Waals surface area contributed by atoms with Crippen LogP contribution in [0.2, 0.25) is 0 Å². The summed E-state index contributed by atoms with van der Waals surface area (Å²) in [6.45, 7) is 0.